The Labute approximate surface area is 83.7 Å². The van der Waals surface area contributed by atoms with Gasteiger partial charge in [0.2, 0.25) is 5.91 Å². The quantitative estimate of drug-likeness (QED) is 0.652. The van der Waals surface area contributed by atoms with E-state index in [1.807, 2.05) is 12.1 Å². The fourth-order valence-electron chi connectivity index (χ4n) is 1.29. The van der Waals surface area contributed by atoms with Crippen molar-refractivity contribution in [1.29, 1.82) is 10.5 Å². The third kappa shape index (κ3) is 3.06. The minimum atomic E-state index is 0.121. The highest BCUT2D eigenvalue weighted by Gasteiger charge is 2.32. The molecular formula is C10H13N3O. The summed E-state index contributed by atoms with van der Waals surface area (Å²) in [6.45, 7) is 0.932. The Hall–Kier alpha value is -1.55. The van der Waals surface area contributed by atoms with Crippen molar-refractivity contribution < 1.29 is 4.79 Å². The van der Waals surface area contributed by atoms with Crippen molar-refractivity contribution in [1.82, 2.24) is 4.90 Å². The van der Waals surface area contributed by atoms with Gasteiger partial charge in [-0.25, -0.2) is 0 Å². The molecule has 0 spiro atoms. The third-order valence-corrected chi connectivity index (χ3v) is 2.23. The maximum atomic E-state index is 11.6. The average molecular weight is 191 g/mol. The Bertz CT molecular complexity index is 265. The van der Waals surface area contributed by atoms with E-state index in [0.29, 0.717) is 25.9 Å². The summed E-state index contributed by atoms with van der Waals surface area (Å²) in [6, 6.07) is 4.02. The summed E-state index contributed by atoms with van der Waals surface area (Å²) < 4.78 is 0. The molecule has 1 rings (SSSR count). The molecule has 4 nitrogen and oxygen atoms in total. The first-order valence-corrected chi connectivity index (χ1v) is 4.82. The second-order valence-corrected chi connectivity index (χ2v) is 3.42. The van der Waals surface area contributed by atoms with Crippen LogP contribution in [-0.2, 0) is 4.79 Å². The van der Waals surface area contributed by atoms with Gasteiger partial charge in [0.05, 0.1) is 25.0 Å². The third-order valence-electron chi connectivity index (χ3n) is 2.23. The van der Waals surface area contributed by atoms with Crippen LogP contribution in [0.25, 0.3) is 0 Å². The summed E-state index contributed by atoms with van der Waals surface area (Å²) >= 11 is 0. The standard InChI is InChI=1S/C10H13N3O/c11-5-1-7-13(8-2-6-12)10(14)9-3-4-9/h9H,1-4,7-8H2. The second kappa shape index (κ2) is 5.24. The Morgan fingerprint density at radius 1 is 1.21 bits per heavy atom. The summed E-state index contributed by atoms with van der Waals surface area (Å²) in [4.78, 5) is 13.3. The molecule has 0 N–H and O–H groups in total. The molecule has 0 aromatic heterocycles. The summed E-state index contributed by atoms with van der Waals surface area (Å²) in [5.41, 5.74) is 0. The first-order valence-electron chi connectivity index (χ1n) is 4.82. The van der Waals surface area contributed by atoms with E-state index in [1.54, 1.807) is 4.90 Å². The van der Waals surface area contributed by atoms with Crippen molar-refractivity contribution in [2.45, 2.75) is 25.7 Å². The van der Waals surface area contributed by atoms with Gasteiger partial charge in [-0.2, -0.15) is 10.5 Å². The number of amides is 1. The first-order chi connectivity index (χ1) is 6.79. The number of rotatable bonds is 5. The van der Waals surface area contributed by atoms with E-state index in [4.69, 9.17) is 10.5 Å². The molecule has 1 amide bonds. The maximum absolute atomic E-state index is 11.6. The van der Waals surface area contributed by atoms with Crippen LogP contribution in [0.4, 0.5) is 0 Å². The Morgan fingerprint density at radius 3 is 2.07 bits per heavy atom. The first kappa shape index (κ1) is 10.5. The molecule has 74 valence electrons. The summed E-state index contributed by atoms with van der Waals surface area (Å²) in [5, 5.41) is 16.8. The molecule has 14 heavy (non-hydrogen) atoms. The predicted octanol–water partition coefficient (Wildman–Crippen LogP) is 1.05. The highest BCUT2D eigenvalue weighted by atomic mass is 16.2. The van der Waals surface area contributed by atoms with E-state index in [2.05, 4.69) is 0 Å². The van der Waals surface area contributed by atoms with E-state index in [-0.39, 0.29) is 11.8 Å². The Kier molecular flexibility index (Phi) is 3.94. The molecule has 1 saturated carbocycles. The van der Waals surface area contributed by atoms with Crippen molar-refractivity contribution in [3.05, 3.63) is 0 Å². The summed E-state index contributed by atoms with van der Waals surface area (Å²) in [6.07, 6.45) is 2.64. The lowest BCUT2D eigenvalue weighted by molar-refractivity contribution is -0.132. The van der Waals surface area contributed by atoms with Crippen LogP contribution in [0.2, 0.25) is 0 Å². The lowest BCUT2D eigenvalue weighted by Crippen LogP contribution is -2.33. The van der Waals surface area contributed by atoms with E-state index in [0.717, 1.165) is 12.8 Å². The molecule has 1 aliphatic carbocycles. The SMILES string of the molecule is N#CCCN(CCC#N)C(=O)C1CC1. The number of hydrogen-bond donors (Lipinski definition) is 0. The predicted molar refractivity (Wildman–Crippen MR) is 49.8 cm³/mol. The monoisotopic (exact) mass is 191 g/mol. The molecule has 1 fully saturated rings. The van der Waals surface area contributed by atoms with Gasteiger partial charge < -0.3 is 4.90 Å². The number of hydrogen-bond acceptors (Lipinski definition) is 3. The normalized spacial score (nSPS) is 14.1. The van der Waals surface area contributed by atoms with Crippen molar-refractivity contribution in [3.63, 3.8) is 0 Å². The van der Waals surface area contributed by atoms with Crippen molar-refractivity contribution >= 4 is 5.91 Å². The van der Waals surface area contributed by atoms with E-state index in [1.165, 1.54) is 0 Å². The Morgan fingerprint density at radius 2 is 1.71 bits per heavy atom. The molecule has 1 aliphatic rings. The summed E-state index contributed by atoms with van der Waals surface area (Å²) in [5.74, 6) is 0.294. The molecule has 0 aromatic carbocycles. The highest BCUT2D eigenvalue weighted by Crippen LogP contribution is 2.31. The minimum absolute atomic E-state index is 0.121. The molecular weight excluding hydrogens is 178 g/mol. The van der Waals surface area contributed by atoms with E-state index >= 15 is 0 Å². The van der Waals surface area contributed by atoms with Crippen LogP contribution in [0.1, 0.15) is 25.7 Å². The van der Waals surface area contributed by atoms with Gasteiger partial charge in [-0.1, -0.05) is 0 Å². The molecule has 4 heteroatoms. The van der Waals surface area contributed by atoms with Crippen LogP contribution in [0.15, 0.2) is 0 Å². The molecule has 0 heterocycles. The van der Waals surface area contributed by atoms with Crippen LogP contribution in [-0.4, -0.2) is 23.9 Å². The van der Waals surface area contributed by atoms with Gasteiger partial charge in [-0.05, 0) is 12.8 Å². The van der Waals surface area contributed by atoms with E-state index in [9.17, 15) is 4.79 Å². The van der Waals surface area contributed by atoms with Crippen LogP contribution in [0, 0.1) is 28.6 Å². The number of nitrogens with zero attached hydrogens (tertiary/aromatic N) is 3. The van der Waals surface area contributed by atoms with Gasteiger partial charge in [0, 0.05) is 19.0 Å². The number of nitriles is 2. The number of carbonyl (C=O) groups is 1. The van der Waals surface area contributed by atoms with E-state index < -0.39 is 0 Å². The zero-order valence-corrected chi connectivity index (χ0v) is 8.07. The van der Waals surface area contributed by atoms with Crippen LogP contribution >= 0.6 is 0 Å². The molecule has 0 saturated heterocycles. The summed E-state index contributed by atoms with van der Waals surface area (Å²) in [7, 11) is 0. The van der Waals surface area contributed by atoms with Crippen molar-refractivity contribution in [2.24, 2.45) is 5.92 Å². The topological polar surface area (TPSA) is 67.9 Å². The van der Waals surface area contributed by atoms with Gasteiger partial charge in [-0.15, -0.1) is 0 Å². The molecule has 0 aromatic rings. The van der Waals surface area contributed by atoms with Gasteiger partial charge in [-0.3, -0.25) is 4.79 Å². The lowest BCUT2D eigenvalue weighted by atomic mass is 10.3. The fraction of sp³-hybridized carbons (Fsp3) is 0.700. The average Bonchev–Trinajstić information content (AvgIpc) is 3.00. The minimum Gasteiger partial charge on any atom is -0.340 e. The molecule has 0 bridgehead atoms. The maximum Gasteiger partial charge on any atom is 0.225 e. The van der Waals surface area contributed by atoms with Gasteiger partial charge >= 0.3 is 0 Å². The van der Waals surface area contributed by atoms with Crippen molar-refractivity contribution in [3.8, 4) is 12.1 Å². The number of carbonyl (C=O) groups excluding carboxylic acids is 1. The molecule has 0 atom stereocenters. The van der Waals surface area contributed by atoms with Crippen molar-refractivity contribution in [2.75, 3.05) is 13.1 Å². The van der Waals surface area contributed by atoms with Crippen LogP contribution in [0.3, 0.4) is 0 Å². The fourth-order valence-corrected chi connectivity index (χ4v) is 1.29. The zero-order valence-electron chi connectivity index (χ0n) is 8.07. The van der Waals surface area contributed by atoms with Gasteiger partial charge in [0.1, 0.15) is 0 Å². The second-order valence-electron chi connectivity index (χ2n) is 3.42. The lowest BCUT2D eigenvalue weighted by Gasteiger charge is -2.19. The van der Waals surface area contributed by atoms with Gasteiger partial charge in [0.15, 0.2) is 0 Å². The van der Waals surface area contributed by atoms with Gasteiger partial charge in [0.25, 0.3) is 0 Å². The smallest absolute Gasteiger partial charge is 0.225 e. The largest absolute Gasteiger partial charge is 0.340 e. The molecule has 0 aliphatic heterocycles. The zero-order chi connectivity index (χ0) is 10.4. The molecule has 0 radical (unpaired) electrons. The Balaban J connectivity index is 2.39. The highest BCUT2D eigenvalue weighted by molar-refractivity contribution is 5.81. The van der Waals surface area contributed by atoms with Crippen LogP contribution < -0.4 is 0 Å². The molecule has 0 unspecified atom stereocenters. The van der Waals surface area contributed by atoms with Crippen LogP contribution in [0.5, 0.6) is 0 Å².